The number of carbonyl (C=O) groups is 4. The molecule has 0 aromatic heterocycles. The topological polar surface area (TPSA) is 143 Å². The van der Waals surface area contributed by atoms with Crippen LogP contribution in [0.5, 0.6) is 11.5 Å². The van der Waals surface area contributed by atoms with Crippen molar-refractivity contribution in [1.82, 2.24) is 5.32 Å². The van der Waals surface area contributed by atoms with Crippen LogP contribution in [0, 0.1) is 0 Å². The van der Waals surface area contributed by atoms with Crippen LogP contribution in [0.25, 0.3) is 0 Å². The van der Waals surface area contributed by atoms with Gasteiger partial charge in [-0.2, -0.15) is 13.2 Å². The average molecular weight is 464 g/mol. The minimum absolute atomic E-state index is 0.0277. The van der Waals surface area contributed by atoms with E-state index in [0.29, 0.717) is 12.1 Å². The molecule has 1 rings (SSSR count). The number of benzene rings is 1. The first kappa shape index (κ1) is 26.7. The molecule has 0 radical (unpaired) electrons. The van der Waals surface area contributed by atoms with E-state index in [0.717, 1.165) is 0 Å². The standard InChI is InChI=1S/C19H23F3N2O8/c1-2-29-16(26)10-30-13-7-12(3-4-15(25)24-6-5-23)8-14(9-13)31-11-17(27)32-18(28)19(20,21)22/h7-9H,2-6,10-11,23H2,1H3,(H,24,25). The highest BCUT2D eigenvalue weighted by Gasteiger charge is 2.42. The Balaban J connectivity index is 2.84. The lowest BCUT2D eigenvalue weighted by Crippen LogP contribution is -2.30. The second kappa shape index (κ2) is 13.1. The Morgan fingerprint density at radius 3 is 2.12 bits per heavy atom. The quantitative estimate of drug-likeness (QED) is 0.337. The molecule has 0 aliphatic carbocycles. The number of aryl methyl sites for hydroxylation is 1. The summed E-state index contributed by atoms with van der Waals surface area (Å²) in [6, 6.07) is 4.18. The van der Waals surface area contributed by atoms with Gasteiger partial charge in [-0.1, -0.05) is 0 Å². The highest BCUT2D eigenvalue weighted by Crippen LogP contribution is 2.24. The fourth-order valence-corrected chi connectivity index (χ4v) is 2.18. The smallest absolute Gasteiger partial charge is 0.482 e. The minimum atomic E-state index is -5.33. The van der Waals surface area contributed by atoms with Crippen molar-refractivity contribution in [1.29, 1.82) is 0 Å². The van der Waals surface area contributed by atoms with Crippen LogP contribution in [0.2, 0.25) is 0 Å². The number of ether oxygens (including phenoxy) is 4. The average Bonchev–Trinajstić information content (AvgIpc) is 2.73. The zero-order valence-corrected chi connectivity index (χ0v) is 17.2. The third kappa shape index (κ3) is 10.6. The van der Waals surface area contributed by atoms with Crippen LogP contribution in [-0.2, 0) is 35.1 Å². The molecule has 3 N–H and O–H groups in total. The van der Waals surface area contributed by atoms with E-state index < -0.39 is 37.3 Å². The molecule has 1 aromatic carbocycles. The number of rotatable bonds is 12. The molecule has 1 amide bonds. The lowest BCUT2D eigenvalue weighted by molar-refractivity contribution is -0.202. The molecule has 1 aromatic rings. The van der Waals surface area contributed by atoms with Crippen LogP contribution in [0.15, 0.2) is 18.2 Å². The van der Waals surface area contributed by atoms with Gasteiger partial charge in [0.1, 0.15) is 11.5 Å². The van der Waals surface area contributed by atoms with Gasteiger partial charge < -0.3 is 30.0 Å². The van der Waals surface area contributed by atoms with Gasteiger partial charge in [-0.15, -0.1) is 0 Å². The summed E-state index contributed by atoms with van der Waals surface area (Å²) in [7, 11) is 0. The lowest BCUT2D eigenvalue weighted by Gasteiger charge is -2.12. The molecule has 178 valence electrons. The summed E-state index contributed by atoms with van der Waals surface area (Å²) in [5.41, 5.74) is 5.81. The molecule has 0 saturated carbocycles. The summed E-state index contributed by atoms with van der Waals surface area (Å²) < 4.78 is 55.2. The number of hydrogen-bond acceptors (Lipinski definition) is 9. The normalized spacial score (nSPS) is 10.8. The predicted molar refractivity (Wildman–Crippen MR) is 102 cm³/mol. The van der Waals surface area contributed by atoms with Crippen molar-refractivity contribution in [3.05, 3.63) is 23.8 Å². The number of nitrogens with one attached hydrogen (secondary N) is 1. The van der Waals surface area contributed by atoms with Gasteiger partial charge in [-0.3, -0.25) is 4.79 Å². The van der Waals surface area contributed by atoms with Crippen molar-refractivity contribution in [3.63, 3.8) is 0 Å². The Labute approximate surface area is 181 Å². The first-order valence-electron chi connectivity index (χ1n) is 9.39. The zero-order chi connectivity index (χ0) is 24.1. The second-order valence-corrected chi connectivity index (χ2v) is 6.09. The van der Waals surface area contributed by atoms with Gasteiger partial charge in [0.05, 0.1) is 6.61 Å². The largest absolute Gasteiger partial charge is 0.491 e. The van der Waals surface area contributed by atoms with Crippen LogP contribution < -0.4 is 20.5 Å². The van der Waals surface area contributed by atoms with Crippen molar-refractivity contribution in [3.8, 4) is 11.5 Å². The van der Waals surface area contributed by atoms with Crippen LogP contribution >= 0.6 is 0 Å². The number of carbonyl (C=O) groups excluding carboxylic acids is 4. The molecule has 0 aliphatic rings. The maximum absolute atomic E-state index is 12.1. The molecule has 0 saturated heterocycles. The van der Waals surface area contributed by atoms with Gasteiger partial charge in [-0.05, 0) is 31.0 Å². The third-order valence-corrected chi connectivity index (χ3v) is 3.50. The molecule has 10 nitrogen and oxygen atoms in total. The summed E-state index contributed by atoms with van der Waals surface area (Å²) in [5.74, 6) is -5.05. The van der Waals surface area contributed by atoms with E-state index in [1.165, 1.54) is 18.2 Å². The Kier molecular flexibility index (Phi) is 11.0. The maximum atomic E-state index is 12.1. The molecular weight excluding hydrogens is 441 g/mol. The molecule has 0 unspecified atom stereocenters. The number of esters is 3. The summed E-state index contributed by atoms with van der Waals surface area (Å²) in [5, 5.41) is 2.58. The number of alkyl halides is 3. The zero-order valence-electron chi connectivity index (χ0n) is 17.2. The van der Waals surface area contributed by atoms with Gasteiger partial charge in [0.15, 0.2) is 13.2 Å². The number of amides is 1. The Morgan fingerprint density at radius 2 is 1.59 bits per heavy atom. The van der Waals surface area contributed by atoms with E-state index in [9.17, 15) is 32.3 Å². The second-order valence-electron chi connectivity index (χ2n) is 6.09. The highest BCUT2D eigenvalue weighted by molar-refractivity contribution is 5.89. The minimum Gasteiger partial charge on any atom is -0.482 e. The molecular formula is C19H23F3N2O8. The van der Waals surface area contributed by atoms with E-state index in [1.807, 2.05) is 0 Å². The molecule has 13 heteroatoms. The maximum Gasteiger partial charge on any atom is 0.491 e. The van der Waals surface area contributed by atoms with E-state index in [-0.39, 0.29) is 43.4 Å². The van der Waals surface area contributed by atoms with E-state index in [1.54, 1.807) is 6.92 Å². The van der Waals surface area contributed by atoms with E-state index >= 15 is 0 Å². The van der Waals surface area contributed by atoms with Crippen molar-refractivity contribution < 1.29 is 51.3 Å². The molecule has 32 heavy (non-hydrogen) atoms. The first-order valence-corrected chi connectivity index (χ1v) is 9.39. The van der Waals surface area contributed by atoms with Crippen molar-refractivity contribution in [2.24, 2.45) is 5.73 Å². The third-order valence-electron chi connectivity index (χ3n) is 3.50. The first-order chi connectivity index (χ1) is 15.0. The van der Waals surface area contributed by atoms with Gasteiger partial charge >= 0.3 is 24.1 Å². The van der Waals surface area contributed by atoms with Crippen molar-refractivity contribution >= 4 is 23.8 Å². The SMILES string of the molecule is CCOC(=O)COc1cc(CCC(=O)NCCN)cc(OCC(=O)OC(=O)C(F)(F)F)c1. The van der Waals surface area contributed by atoms with E-state index in [4.69, 9.17) is 19.9 Å². The number of halogens is 3. The van der Waals surface area contributed by atoms with Gasteiger partial charge in [0, 0.05) is 25.6 Å². The van der Waals surface area contributed by atoms with Gasteiger partial charge in [0.25, 0.3) is 0 Å². The molecule has 0 heterocycles. The molecule has 0 spiro atoms. The number of hydrogen-bond donors (Lipinski definition) is 2. The highest BCUT2D eigenvalue weighted by atomic mass is 19.4. The summed E-state index contributed by atoms with van der Waals surface area (Å²) in [4.78, 5) is 45.3. The van der Waals surface area contributed by atoms with Crippen LogP contribution in [0.4, 0.5) is 13.2 Å². The van der Waals surface area contributed by atoms with Crippen molar-refractivity contribution in [2.45, 2.75) is 25.9 Å². The van der Waals surface area contributed by atoms with Crippen LogP contribution in [0.1, 0.15) is 18.9 Å². The fraction of sp³-hybridized carbons (Fsp3) is 0.474. The Morgan fingerprint density at radius 1 is 1.00 bits per heavy atom. The van der Waals surface area contributed by atoms with Gasteiger partial charge in [-0.25, -0.2) is 14.4 Å². The Hall–Kier alpha value is -3.35. The molecule has 0 fully saturated rings. The summed E-state index contributed by atoms with van der Waals surface area (Å²) in [6.07, 6.45) is -5.04. The molecule has 0 bridgehead atoms. The summed E-state index contributed by atoms with van der Waals surface area (Å²) in [6.45, 7) is 0.897. The monoisotopic (exact) mass is 464 g/mol. The molecule has 0 aliphatic heterocycles. The van der Waals surface area contributed by atoms with E-state index in [2.05, 4.69) is 10.1 Å². The number of nitrogens with two attached hydrogens (primary N) is 1. The Bertz CT molecular complexity index is 814. The summed E-state index contributed by atoms with van der Waals surface area (Å²) >= 11 is 0. The van der Waals surface area contributed by atoms with Gasteiger partial charge in [0.2, 0.25) is 5.91 Å². The van der Waals surface area contributed by atoms with Crippen molar-refractivity contribution in [2.75, 3.05) is 32.9 Å². The predicted octanol–water partition coefficient (Wildman–Crippen LogP) is 0.647. The van der Waals surface area contributed by atoms with Crippen LogP contribution in [0.3, 0.4) is 0 Å². The molecule has 0 atom stereocenters. The van der Waals surface area contributed by atoms with Crippen LogP contribution in [-0.4, -0.2) is 62.9 Å². The fourth-order valence-electron chi connectivity index (χ4n) is 2.18. The lowest BCUT2D eigenvalue weighted by atomic mass is 10.1.